The van der Waals surface area contributed by atoms with Crippen molar-refractivity contribution >= 4 is 132 Å². The first-order chi connectivity index (χ1) is 65.4. The molecule has 4 heteroatoms. The molecule has 0 fully saturated rings. The van der Waals surface area contributed by atoms with Gasteiger partial charge >= 0.3 is 0 Å². The average Bonchev–Trinajstić information content (AvgIpc) is 1.63. The maximum atomic E-state index is 2.39. The minimum Gasteiger partial charge on any atom is -0.310 e. The van der Waals surface area contributed by atoms with Crippen LogP contribution < -0.4 is 9.80 Å². The van der Waals surface area contributed by atoms with E-state index in [1.54, 1.807) is 0 Å². The van der Waals surface area contributed by atoms with Crippen molar-refractivity contribution in [2.45, 2.75) is 0 Å². The Kier molecular flexibility index (Phi) is 19.9. The molecule has 0 unspecified atom stereocenters. The van der Waals surface area contributed by atoms with Crippen LogP contribution >= 0.6 is 0 Å². The first-order valence-electron chi connectivity index (χ1n) is 45.4. The Morgan fingerprint density at radius 2 is 0.379 bits per heavy atom. The first-order valence-corrected chi connectivity index (χ1v) is 45.4. The molecule has 0 aliphatic carbocycles. The van der Waals surface area contributed by atoms with Crippen molar-refractivity contribution in [3.63, 3.8) is 0 Å². The van der Waals surface area contributed by atoms with Crippen molar-refractivity contribution in [2.24, 2.45) is 0 Å². The number of anilines is 6. The fourth-order valence-electron chi connectivity index (χ4n) is 20.0. The highest BCUT2D eigenvalue weighted by Gasteiger charge is 2.22. The van der Waals surface area contributed by atoms with E-state index in [4.69, 9.17) is 0 Å². The standard InChI is InChI=1S/C66H44N2.C62H42N2/c1-3-18-57-49(13-1)15-11-24-58(57)50-31-27-45(28-32-50)47-35-39-53(40-36-47)67(55-16-12-17-56(44-55)68-65-25-9-7-22-62(65)63-23-8-10-26-66(63)68)54-41-37-48(38-42-54)46-29-33-51(34-30-46)64-43-52-14-2-4-19-59(52)60-20-5-6-21-61(60)64;1-3-12-51-40-53(30-28-43(51)10-1)49-24-20-45(21-25-49)47-32-36-55(37-33-47)63(57-14-9-15-58(42-57)64-61-18-7-5-16-59(61)60-17-6-8-19-62(60)64)56-38-34-48(35-39-56)46-22-26-50(27-23-46)54-31-29-44-11-2-4-13-52(44)41-54/h1-44H;1-42H. The van der Waals surface area contributed by atoms with Crippen molar-refractivity contribution < 1.29 is 0 Å². The van der Waals surface area contributed by atoms with Gasteiger partial charge in [-0.2, -0.15) is 0 Å². The summed E-state index contributed by atoms with van der Waals surface area (Å²) in [4.78, 5) is 4.75. The largest absolute Gasteiger partial charge is 0.310 e. The third-order valence-electron chi connectivity index (χ3n) is 26.6. The Labute approximate surface area is 767 Å². The molecule has 25 aromatic rings. The van der Waals surface area contributed by atoms with Gasteiger partial charge in [0, 0.05) is 67.0 Å². The van der Waals surface area contributed by atoms with E-state index in [0.717, 1.165) is 45.5 Å². The lowest BCUT2D eigenvalue weighted by Crippen LogP contribution is -2.10. The third-order valence-corrected chi connectivity index (χ3v) is 26.6. The van der Waals surface area contributed by atoms with E-state index in [2.05, 4.69) is 541 Å². The highest BCUT2D eigenvalue weighted by atomic mass is 15.2. The number of nitrogens with zero attached hydrogens (tertiary/aromatic N) is 4. The van der Waals surface area contributed by atoms with Crippen molar-refractivity contribution in [2.75, 3.05) is 9.80 Å². The number of hydrogen-bond donors (Lipinski definition) is 0. The molecule has 132 heavy (non-hydrogen) atoms. The summed E-state index contributed by atoms with van der Waals surface area (Å²) in [5.74, 6) is 0. The van der Waals surface area contributed by atoms with Gasteiger partial charge in [-0.3, -0.25) is 0 Å². The first kappa shape index (κ1) is 78.1. The highest BCUT2D eigenvalue weighted by molar-refractivity contribution is 6.15. The van der Waals surface area contributed by atoms with Gasteiger partial charge in [0.05, 0.1) is 22.1 Å². The van der Waals surface area contributed by atoms with Crippen LogP contribution in [0.1, 0.15) is 0 Å². The monoisotopic (exact) mass is 1680 g/mol. The summed E-state index contributed by atoms with van der Waals surface area (Å²) in [6, 6.07) is 190. The Hall–Kier alpha value is -17.4. The maximum Gasteiger partial charge on any atom is 0.0541 e. The van der Waals surface area contributed by atoms with Crippen LogP contribution in [0.15, 0.2) is 522 Å². The molecule has 0 spiro atoms. The quantitative estimate of drug-likeness (QED) is 0.0897. The van der Waals surface area contributed by atoms with Gasteiger partial charge in [-0.05, 0) is 270 Å². The van der Waals surface area contributed by atoms with Crippen LogP contribution in [-0.4, -0.2) is 9.13 Å². The van der Waals surface area contributed by atoms with Crippen LogP contribution in [-0.2, 0) is 0 Å². The van der Waals surface area contributed by atoms with E-state index in [9.17, 15) is 0 Å². The van der Waals surface area contributed by atoms with Crippen LogP contribution in [0, 0.1) is 0 Å². The number of para-hydroxylation sites is 4. The van der Waals surface area contributed by atoms with E-state index in [1.807, 2.05) is 0 Å². The third kappa shape index (κ3) is 14.6. The van der Waals surface area contributed by atoms with Gasteiger partial charge in [-0.25, -0.2) is 0 Å². The Morgan fingerprint density at radius 3 is 0.758 bits per heavy atom. The van der Waals surface area contributed by atoms with Crippen molar-refractivity contribution in [3.05, 3.63) is 522 Å². The van der Waals surface area contributed by atoms with Crippen LogP contribution in [0.2, 0.25) is 0 Å². The lowest BCUT2D eigenvalue weighted by molar-refractivity contribution is 1.17. The molecular formula is C128H86N4. The molecule has 2 heterocycles. The number of benzene rings is 23. The van der Waals surface area contributed by atoms with Gasteiger partial charge in [0.25, 0.3) is 0 Å². The molecule has 0 aliphatic heterocycles. The molecule has 0 bridgehead atoms. The zero-order valence-electron chi connectivity index (χ0n) is 72.4. The van der Waals surface area contributed by atoms with E-state index in [0.29, 0.717) is 0 Å². The molecule has 0 amide bonds. The molecule has 0 radical (unpaired) electrons. The number of aromatic nitrogens is 2. The lowest BCUT2D eigenvalue weighted by Gasteiger charge is -2.26. The molecule has 0 aliphatic rings. The molecule has 25 rings (SSSR count). The normalized spacial score (nSPS) is 11.5. The zero-order valence-corrected chi connectivity index (χ0v) is 72.4. The van der Waals surface area contributed by atoms with Gasteiger partial charge in [0.1, 0.15) is 0 Å². The van der Waals surface area contributed by atoms with Crippen molar-refractivity contribution in [1.29, 1.82) is 0 Å². The topological polar surface area (TPSA) is 16.3 Å². The van der Waals surface area contributed by atoms with Gasteiger partial charge in [-0.1, -0.05) is 394 Å². The fraction of sp³-hybridized carbons (Fsp3) is 0. The molecule has 4 nitrogen and oxygen atoms in total. The fourth-order valence-corrected chi connectivity index (χ4v) is 20.0. The zero-order chi connectivity index (χ0) is 87.4. The summed E-state index contributed by atoms with van der Waals surface area (Å²) < 4.78 is 4.78. The predicted molar refractivity (Wildman–Crippen MR) is 562 cm³/mol. The Balaban J connectivity index is 0.000000146. The van der Waals surface area contributed by atoms with Crippen molar-refractivity contribution in [3.8, 4) is 100 Å². The minimum atomic E-state index is 1.08. The summed E-state index contributed by atoms with van der Waals surface area (Å²) >= 11 is 0. The molecule has 0 N–H and O–H groups in total. The van der Waals surface area contributed by atoms with Gasteiger partial charge in [0.2, 0.25) is 0 Å². The Bertz CT molecular complexity index is 8370. The van der Waals surface area contributed by atoms with E-state index < -0.39 is 0 Å². The predicted octanol–water partition coefficient (Wildman–Crippen LogP) is 35.6. The second-order valence-electron chi connectivity index (χ2n) is 34.3. The molecule has 0 atom stereocenters. The van der Waals surface area contributed by atoms with E-state index >= 15 is 0 Å². The maximum absolute atomic E-state index is 2.39. The second-order valence-corrected chi connectivity index (χ2v) is 34.3. The SMILES string of the molecule is c1cc(N(c2ccc(-c3ccc(-c4ccc5ccccc5c4)cc3)cc2)c2ccc(-c3ccc(-c4ccc5ccccc5c4)cc3)cc2)cc(-n2c3ccccc3c3ccccc32)c1.c1cc(N(c2ccc(-c3ccc(-c4cccc5ccccc45)cc3)cc2)c2ccc(-c3ccc(-c4cc5ccccc5c5ccccc45)cc3)cc2)cc(-n2c3ccccc3c3ccccc32)c1. The average molecular weight is 1680 g/mol. The van der Waals surface area contributed by atoms with Crippen LogP contribution in [0.4, 0.5) is 34.1 Å². The molecule has 618 valence electrons. The lowest BCUT2D eigenvalue weighted by atomic mass is 9.92. The van der Waals surface area contributed by atoms with Gasteiger partial charge in [0.15, 0.2) is 0 Å². The van der Waals surface area contributed by atoms with E-state index in [1.165, 1.54) is 186 Å². The van der Waals surface area contributed by atoms with Crippen LogP contribution in [0.25, 0.3) is 198 Å². The number of rotatable bonds is 16. The molecule has 23 aromatic carbocycles. The summed E-state index contributed by atoms with van der Waals surface area (Å²) in [6.07, 6.45) is 0. The smallest absolute Gasteiger partial charge is 0.0541 e. The number of fused-ring (bicyclic) bond motifs is 12. The van der Waals surface area contributed by atoms with Gasteiger partial charge in [-0.15, -0.1) is 0 Å². The molecule has 0 saturated heterocycles. The summed E-state index contributed by atoms with van der Waals surface area (Å²) in [5, 5.41) is 17.7. The van der Waals surface area contributed by atoms with Crippen LogP contribution in [0.3, 0.4) is 0 Å². The molecular weight excluding hydrogens is 1590 g/mol. The van der Waals surface area contributed by atoms with Gasteiger partial charge < -0.3 is 18.9 Å². The summed E-state index contributed by atoms with van der Waals surface area (Å²) in [7, 11) is 0. The second kappa shape index (κ2) is 33.7. The highest BCUT2D eigenvalue weighted by Crippen LogP contribution is 2.45. The Morgan fingerprint density at radius 1 is 0.121 bits per heavy atom. The number of hydrogen-bond acceptors (Lipinski definition) is 2. The summed E-state index contributed by atoms with van der Waals surface area (Å²) in [6.45, 7) is 0. The van der Waals surface area contributed by atoms with Crippen molar-refractivity contribution in [1.82, 2.24) is 9.13 Å². The molecule has 2 aromatic heterocycles. The summed E-state index contributed by atoms with van der Waals surface area (Å²) in [5.41, 5.74) is 32.8. The van der Waals surface area contributed by atoms with E-state index in [-0.39, 0.29) is 0 Å². The minimum absolute atomic E-state index is 1.08. The molecule has 0 saturated carbocycles. The van der Waals surface area contributed by atoms with Crippen LogP contribution in [0.5, 0.6) is 0 Å².